The topological polar surface area (TPSA) is 262 Å². The fraction of sp³-hybridized carbons (Fsp3) is 0.357. The van der Waals surface area contributed by atoms with Gasteiger partial charge in [0.25, 0.3) is 17.7 Å². The molecule has 10 heterocycles. The van der Waals surface area contributed by atoms with Gasteiger partial charge in [0.15, 0.2) is 0 Å². The minimum Gasteiger partial charge on any atom is -0.508 e. The van der Waals surface area contributed by atoms with Crippen molar-refractivity contribution in [3.05, 3.63) is 120 Å². The third-order valence-corrected chi connectivity index (χ3v) is 15.6. The molecule has 3 aliphatic carbocycles. The smallest absolute Gasteiger partial charge is 0.259 e. The molecule has 9 aromatic rings. The molecule has 2 atom stereocenters. The number of aromatic nitrogens is 11. The van der Waals surface area contributed by atoms with E-state index in [-0.39, 0.29) is 11.4 Å². The molecule has 386 valence electrons. The number of fused-ring (bicyclic) bond motifs is 3. The van der Waals surface area contributed by atoms with Crippen molar-refractivity contribution >= 4 is 0 Å². The molecular weight excluding hydrogens is 971 g/mol. The normalized spacial score (nSPS) is 19.6. The lowest BCUT2D eigenvalue weighted by atomic mass is 9.73. The Hall–Kier alpha value is -8.36. The second kappa shape index (κ2) is 18.8. The van der Waals surface area contributed by atoms with E-state index in [1.807, 2.05) is 55.7 Å². The van der Waals surface area contributed by atoms with Gasteiger partial charge in [0.1, 0.15) is 28.2 Å². The van der Waals surface area contributed by atoms with E-state index < -0.39 is 23.4 Å². The van der Waals surface area contributed by atoms with Crippen LogP contribution >= 0.6 is 0 Å². The lowest BCUT2D eigenvalue weighted by molar-refractivity contribution is -0.118. The molecule has 76 heavy (non-hydrogen) atoms. The zero-order valence-corrected chi connectivity index (χ0v) is 41.8. The summed E-state index contributed by atoms with van der Waals surface area (Å²) >= 11 is 0. The number of aliphatic hydroxyl groups excluding tert-OH is 2. The predicted molar refractivity (Wildman–Crippen MR) is 271 cm³/mol. The van der Waals surface area contributed by atoms with Gasteiger partial charge in [0, 0.05) is 72.5 Å². The molecule has 6 aliphatic rings. The van der Waals surface area contributed by atoms with Crippen molar-refractivity contribution in [3.63, 3.8) is 0 Å². The molecule has 7 aromatic heterocycles. The maximum absolute atomic E-state index is 10.4. The van der Waals surface area contributed by atoms with E-state index in [0.717, 1.165) is 103 Å². The highest BCUT2D eigenvalue weighted by Crippen LogP contribution is 2.47. The number of ether oxygens (including phenoxy) is 3. The number of nitrogens with zero attached hydrogens (tertiary/aromatic N) is 11. The Kier molecular flexibility index (Phi) is 11.7. The van der Waals surface area contributed by atoms with Gasteiger partial charge in [-0.05, 0) is 126 Å². The summed E-state index contributed by atoms with van der Waals surface area (Å²) in [5, 5.41) is 46.6. The molecular formula is C56H53N11O9. The molecule has 0 bridgehead atoms. The van der Waals surface area contributed by atoms with E-state index in [1.165, 1.54) is 12.0 Å². The summed E-state index contributed by atoms with van der Waals surface area (Å²) in [6, 6.07) is 22.3. The molecule has 15 rings (SSSR count). The van der Waals surface area contributed by atoms with Crippen molar-refractivity contribution in [1.82, 2.24) is 55.2 Å². The number of rotatable bonds is 6. The van der Waals surface area contributed by atoms with Gasteiger partial charge in [-0.3, -0.25) is 4.68 Å². The minimum atomic E-state index is -0.518. The molecule has 0 amide bonds. The van der Waals surface area contributed by atoms with Gasteiger partial charge in [-0.25, -0.2) is 15.0 Å². The summed E-state index contributed by atoms with van der Waals surface area (Å²) in [4.78, 5) is 26.7. The summed E-state index contributed by atoms with van der Waals surface area (Å²) in [6.45, 7) is 2.06. The quantitative estimate of drug-likeness (QED) is 0.140. The van der Waals surface area contributed by atoms with E-state index in [0.29, 0.717) is 76.6 Å². The number of benzene rings is 2. The number of phenolic OH excluding ortho intramolecular Hbond substituents is 1. The number of pyridine rings is 3. The van der Waals surface area contributed by atoms with Crippen LogP contribution in [0, 0.1) is 6.92 Å². The van der Waals surface area contributed by atoms with Gasteiger partial charge < -0.3 is 43.1 Å². The third kappa shape index (κ3) is 8.89. The lowest BCUT2D eigenvalue weighted by Crippen LogP contribution is -2.56. The SMILES string of the molecule is Cc1ccc(-c2noc(-c3cnc4c(c3)CCC3(CCC3)O4)n2)cc1.Cn1ccc(-c2noc(-c3cnc4c(c3)CC(O)C3(CCC3)O4)n2)n1.Oc1ccc(-c2noc(-c3cnc4c(c3)CC(O)C3(CCC3)O4)n2)cc1. The molecule has 2 unspecified atom stereocenters. The van der Waals surface area contributed by atoms with Gasteiger partial charge >= 0.3 is 0 Å². The van der Waals surface area contributed by atoms with Crippen LogP contribution in [0.25, 0.3) is 68.7 Å². The average Bonchev–Trinajstić information content (AvgIpc) is 4.35. The zero-order valence-electron chi connectivity index (χ0n) is 41.8. The molecule has 20 heteroatoms. The Morgan fingerprint density at radius 1 is 0.526 bits per heavy atom. The summed E-state index contributed by atoms with van der Waals surface area (Å²) in [5.74, 6) is 4.80. The van der Waals surface area contributed by atoms with Crippen molar-refractivity contribution in [1.29, 1.82) is 0 Å². The standard InChI is InChI=1S/C20H19N3O2.C19H17N3O4.C17H17N5O3/c1-13-3-5-14(6-4-13)17-22-19(25-23-17)16-11-15-7-10-20(8-2-9-20)24-18(15)21-12-16;23-14-4-2-11(3-5-14)16-21-18(26-22-16)13-8-12-9-15(24)19(6-1-7-19)25-17(12)20-10-13;1-22-6-3-12(20-22)14-19-16(25-21-14)11-7-10-8-13(23)17(4-2-5-17)24-15(10)18-9-11/h3-6,11-12H,2,7-10H2,1H3;2-5,8,10,15,23-24H,1,6-7,9H2;3,6-7,9,13,23H,2,4-5,8H2,1H3. The second-order valence-corrected chi connectivity index (χ2v) is 20.7. The summed E-state index contributed by atoms with van der Waals surface area (Å²) in [7, 11) is 1.83. The fourth-order valence-corrected chi connectivity index (χ4v) is 10.6. The van der Waals surface area contributed by atoms with Gasteiger partial charge in [0.05, 0.1) is 28.9 Å². The number of hydrogen-bond donors (Lipinski definition) is 3. The number of hydrogen-bond acceptors (Lipinski definition) is 19. The van der Waals surface area contributed by atoms with Crippen LogP contribution in [0.5, 0.6) is 23.4 Å². The number of aryl methyl sites for hydroxylation is 3. The number of aromatic hydroxyl groups is 1. The summed E-state index contributed by atoms with van der Waals surface area (Å²) in [6.07, 6.45) is 18.2. The van der Waals surface area contributed by atoms with E-state index >= 15 is 0 Å². The third-order valence-electron chi connectivity index (χ3n) is 15.6. The van der Waals surface area contributed by atoms with Crippen LogP contribution in [0.2, 0.25) is 0 Å². The van der Waals surface area contributed by atoms with Crippen molar-refractivity contribution in [2.45, 2.75) is 119 Å². The maximum atomic E-state index is 10.4. The van der Waals surface area contributed by atoms with Gasteiger partial charge in [-0.15, -0.1) is 0 Å². The molecule has 3 fully saturated rings. The van der Waals surface area contributed by atoms with Gasteiger partial charge in [-0.1, -0.05) is 45.3 Å². The van der Waals surface area contributed by atoms with Crippen LogP contribution in [0.4, 0.5) is 0 Å². The van der Waals surface area contributed by atoms with Gasteiger partial charge in [-0.2, -0.15) is 20.1 Å². The largest absolute Gasteiger partial charge is 0.508 e. The Morgan fingerprint density at radius 3 is 1.45 bits per heavy atom. The lowest BCUT2D eigenvalue weighted by Gasteiger charge is -2.47. The summed E-state index contributed by atoms with van der Waals surface area (Å²) < 4.78 is 36.0. The molecule has 3 saturated carbocycles. The van der Waals surface area contributed by atoms with Crippen LogP contribution in [0.15, 0.2) is 111 Å². The highest BCUT2D eigenvalue weighted by Gasteiger charge is 2.50. The maximum Gasteiger partial charge on any atom is 0.259 e. The molecule has 0 saturated heterocycles. The van der Waals surface area contributed by atoms with E-state index in [4.69, 9.17) is 27.8 Å². The first kappa shape index (κ1) is 47.4. The predicted octanol–water partition coefficient (Wildman–Crippen LogP) is 8.83. The first-order valence-electron chi connectivity index (χ1n) is 25.8. The van der Waals surface area contributed by atoms with Gasteiger partial charge in [0.2, 0.25) is 35.1 Å². The first-order valence-corrected chi connectivity index (χ1v) is 25.8. The molecule has 3 spiro atoms. The Balaban J connectivity index is 0.000000109. The van der Waals surface area contributed by atoms with Crippen LogP contribution in [-0.4, -0.2) is 99.5 Å². The second-order valence-electron chi connectivity index (χ2n) is 20.7. The molecule has 0 radical (unpaired) electrons. The molecule has 20 nitrogen and oxygen atoms in total. The van der Waals surface area contributed by atoms with Crippen LogP contribution in [0.3, 0.4) is 0 Å². The average molecular weight is 1020 g/mol. The van der Waals surface area contributed by atoms with Crippen molar-refractivity contribution in [3.8, 4) is 92.0 Å². The van der Waals surface area contributed by atoms with E-state index in [1.54, 1.807) is 47.5 Å². The van der Waals surface area contributed by atoms with Crippen LogP contribution in [0.1, 0.15) is 86.5 Å². The van der Waals surface area contributed by atoms with Crippen LogP contribution in [-0.2, 0) is 26.3 Å². The Bertz CT molecular complexity index is 3580. The highest BCUT2D eigenvalue weighted by atomic mass is 16.5. The zero-order chi connectivity index (χ0) is 51.6. The molecule has 2 aromatic carbocycles. The first-order chi connectivity index (χ1) is 37.0. The number of aliphatic hydroxyl groups is 2. The highest BCUT2D eigenvalue weighted by molar-refractivity contribution is 5.63. The summed E-state index contributed by atoms with van der Waals surface area (Å²) in [5.41, 5.74) is 7.79. The van der Waals surface area contributed by atoms with E-state index in [9.17, 15) is 15.3 Å². The Labute approximate surface area is 435 Å². The monoisotopic (exact) mass is 1020 g/mol. The Morgan fingerprint density at radius 2 is 0.987 bits per heavy atom. The van der Waals surface area contributed by atoms with Crippen LogP contribution < -0.4 is 14.2 Å². The fourth-order valence-electron chi connectivity index (χ4n) is 10.6. The molecule has 3 N–H and O–H groups in total. The number of phenols is 1. The van der Waals surface area contributed by atoms with Crippen molar-refractivity contribution < 1.29 is 43.1 Å². The minimum absolute atomic E-state index is 0.0601. The van der Waals surface area contributed by atoms with E-state index in [2.05, 4.69) is 63.5 Å². The van der Waals surface area contributed by atoms with Crippen molar-refractivity contribution in [2.24, 2.45) is 7.05 Å². The molecule has 3 aliphatic heterocycles. The van der Waals surface area contributed by atoms with Crippen molar-refractivity contribution in [2.75, 3.05) is 0 Å².